The fourth-order valence-corrected chi connectivity index (χ4v) is 5.48. The van der Waals surface area contributed by atoms with Crippen molar-refractivity contribution in [1.29, 1.82) is 0 Å². The van der Waals surface area contributed by atoms with Crippen LogP contribution < -0.4 is 14.8 Å². The number of hydrogen-bond donors (Lipinski definition) is 1. The lowest BCUT2D eigenvalue weighted by Gasteiger charge is -2.31. The van der Waals surface area contributed by atoms with Crippen molar-refractivity contribution in [2.24, 2.45) is 0 Å². The molecule has 0 spiro atoms. The van der Waals surface area contributed by atoms with Gasteiger partial charge in [0.05, 0.1) is 24.1 Å². The summed E-state index contributed by atoms with van der Waals surface area (Å²) in [5.41, 5.74) is 0.852. The number of amides is 1. The van der Waals surface area contributed by atoms with Crippen molar-refractivity contribution in [3.63, 3.8) is 0 Å². The van der Waals surface area contributed by atoms with Gasteiger partial charge in [0.1, 0.15) is 17.6 Å². The number of para-hydroxylation sites is 1. The summed E-state index contributed by atoms with van der Waals surface area (Å²) in [6.07, 6.45) is 0.725. The third kappa shape index (κ3) is 5.92. The van der Waals surface area contributed by atoms with Crippen LogP contribution in [-0.4, -0.2) is 57.3 Å². The molecule has 3 aromatic carbocycles. The normalized spacial score (nSPS) is 14.7. The number of ketones is 1. The second kappa shape index (κ2) is 11.4. The predicted molar refractivity (Wildman–Crippen MR) is 135 cm³/mol. The van der Waals surface area contributed by atoms with E-state index in [0.29, 0.717) is 48.6 Å². The highest BCUT2D eigenvalue weighted by molar-refractivity contribution is 7.89. The topological polar surface area (TPSA) is 102 Å². The molecule has 1 amide bonds. The van der Waals surface area contributed by atoms with Crippen LogP contribution in [0.2, 0.25) is 0 Å². The van der Waals surface area contributed by atoms with Gasteiger partial charge in [-0.1, -0.05) is 42.5 Å². The zero-order valence-corrected chi connectivity index (χ0v) is 20.7. The first-order valence-corrected chi connectivity index (χ1v) is 13.1. The fourth-order valence-electron chi connectivity index (χ4n) is 4.01. The second-order valence-corrected chi connectivity index (χ2v) is 10.3. The second-order valence-electron chi connectivity index (χ2n) is 8.36. The minimum atomic E-state index is -3.62. The molecule has 0 atom stereocenters. The molecule has 0 saturated carbocycles. The van der Waals surface area contributed by atoms with Crippen LogP contribution in [0.5, 0.6) is 11.5 Å². The van der Waals surface area contributed by atoms with Crippen LogP contribution in [0.1, 0.15) is 33.6 Å². The van der Waals surface area contributed by atoms with E-state index in [-0.39, 0.29) is 23.3 Å². The number of hydrogen-bond acceptors (Lipinski definition) is 6. The molecule has 0 aromatic heterocycles. The van der Waals surface area contributed by atoms with E-state index in [2.05, 4.69) is 5.32 Å². The van der Waals surface area contributed by atoms with Crippen molar-refractivity contribution < 1.29 is 27.5 Å². The summed E-state index contributed by atoms with van der Waals surface area (Å²) in [6.45, 7) is 0.483. The molecule has 0 unspecified atom stereocenters. The van der Waals surface area contributed by atoms with Gasteiger partial charge in [-0.15, -0.1) is 0 Å². The number of rotatable bonds is 9. The molecule has 0 radical (unpaired) electrons. The Hall–Kier alpha value is -3.69. The number of carbonyl (C=O) groups is 2. The smallest absolute Gasteiger partial charge is 0.255 e. The molecule has 1 heterocycles. The molecule has 36 heavy (non-hydrogen) atoms. The van der Waals surface area contributed by atoms with Gasteiger partial charge >= 0.3 is 0 Å². The maximum Gasteiger partial charge on any atom is 0.255 e. The molecule has 9 heteroatoms. The molecule has 1 fully saturated rings. The monoisotopic (exact) mass is 508 g/mol. The lowest BCUT2D eigenvalue weighted by atomic mass is 10.1. The van der Waals surface area contributed by atoms with Gasteiger partial charge in [0, 0.05) is 18.7 Å². The average Bonchev–Trinajstić information content (AvgIpc) is 2.92. The summed E-state index contributed by atoms with van der Waals surface area (Å²) in [5.74, 6) is 0.397. The van der Waals surface area contributed by atoms with E-state index in [1.54, 1.807) is 60.7 Å². The van der Waals surface area contributed by atoms with Crippen LogP contribution in [0.25, 0.3) is 0 Å². The van der Waals surface area contributed by atoms with Crippen molar-refractivity contribution in [1.82, 2.24) is 9.62 Å². The van der Waals surface area contributed by atoms with E-state index in [4.69, 9.17) is 9.47 Å². The van der Waals surface area contributed by atoms with Gasteiger partial charge in [0.15, 0.2) is 5.78 Å². The first kappa shape index (κ1) is 25.4. The highest BCUT2D eigenvalue weighted by atomic mass is 32.2. The lowest BCUT2D eigenvalue weighted by Crippen LogP contribution is -2.41. The van der Waals surface area contributed by atoms with Crippen LogP contribution in [0, 0.1) is 0 Å². The Morgan fingerprint density at radius 2 is 1.56 bits per heavy atom. The van der Waals surface area contributed by atoms with Crippen molar-refractivity contribution >= 4 is 21.7 Å². The predicted octanol–water partition coefficient (Wildman–Crippen LogP) is 3.54. The number of nitrogens with one attached hydrogen (secondary N) is 1. The van der Waals surface area contributed by atoms with Crippen LogP contribution in [0.15, 0.2) is 83.8 Å². The molecule has 1 saturated heterocycles. The Morgan fingerprint density at radius 1 is 0.917 bits per heavy atom. The zero-order valence-electron chi connectivity index (χ0n) is 19.9. The van der Waals surface area contributed by atoms with Crippen molar-refractivity contribution in [2.75, 3.05) is 26.7 Å². The summed E-state index contributed by atoms with van der Waals surface area (Å²) >= 11 is 0. The maximum atomic E-state index is 13.0. The minimum absolute atomic E-state index is 0.126. The third-order valence-electron chi connectivity index (χ3n) is 6.03. The number of ether oxygens (including phenoxy) is 2. The van der Waals surface area contributed by atoms with Crippen molar-refractivity contribution in [3.8, 4) is 11.5 Å². The van der Waals surface area contributed by atoms with Gasteiger partial charge in [-0.05, 0) is 49.2 Å². The minimum Gasteiger partial charge on any atom is -0.497 e. The number of sulfonamides is 1. The summed E-state index contributed by atoms with van der Waals surface area (Å²) in [6, 6.07) is 21.9. The van der Waals surface area contributed by atoms with Crippen LogP contribution in [-0.2, 0) is 10.0 Å². The zero-order chi connectivity index (χ0) is 25.5. The third-order valence-corrected chi connectivity index (χ3v) is 7.94. The summed E-state index contributed by atoms with van der Waals surface area (Å²) in [4.78, 5) is 25.3. The number of carbonyl (C=O) groups excluding carboxylic acids is 2. The van der Waals surface area contributed by atoms with Gasteiger partial charge < -0.3 is 14.8 Å². The quantitative estimate of drug-likeness (QED) is 0.444. The molecular weight excluding hydrogens is 480 g/mol. The Balaban J connectivity index is 1.35. The largest absolute Gasteiger partial charge is 0.497 e. The first-order chi connectivity index (χ1) is 17.4. The Kier molecular flexibility index (Phi) is 8.02. The summed E-state index contributed by atoms with van der Waals surface area (Å²) in [7, 11) is -2.09. The van der Waals surface area contributed by atoms with Gasteiger partial charge in [0.2, 0.25) is 10.0 Å². The average molecular weight is 509 g/mol. The summed E-state index contributed by atoms with van der Waals surface area (Å²) in [5, 5.41) is 2.66. The molecule has 188 valence electrons. The van der Waals surface area contributed by atoms with Gasteiger partial charge in [0.25, 0.3) is 5.91 Å². The molecule has 3 aromatic rings. The Morgan fingerprint density at radius 3 is 2.22 bits per heavy atom. The van der Waals surface area contributed by atoms with E-state index < -0.39 is 15.9 Å². The van der Waals surface area contributed by atoms with E-state index in [0.717, 1.165) is 0 Å². The number of piperidine rings is 1. The first-order valence-electron chi connectivity index (χ1n) is 11.6. The standard InChI is InChI=1S/C27H28N2O6S/c1-34-21-11-13-23(14-12-21)36(32,33)29-17-15-22(16-18-29)35-26-10-6-5-9-24(26)27(31)28-19-25(30)20-7-3-2-4-8-20/h2-14,22H,15-19H2,1H3,(H,28,31). The van der Waals surface area contributed by atoms with E-state index in [1.807, 2.05) is 6.07 Å². The molecule has 1 N–H and O–H groups in total. The van der Waals surface area contributed by atoms with E-state index in [9.17, 15) is 18.0 Å². The molecule has 8 nitrogen and oxygen atoms in total. The van der Waals surface area contributed by atoms with Crippen molar-refractivity contribution in [2.45, 2.75) is 23.8 Å². The van der Waals surface area contributed by atoms with Gasteiger partial charge in [-0.25, -0.2) is 8.42 Å². The van der Waals surface area contributed by atoms with Gasteiger partial charge in [-0.3, -0.25) is 9.59 Å². The fraction of sp³-hybridized carbons (Fsp3) is 0.259. The molecule has 0 bridgehead atoms. The molecule has 4 rings (SSSR count). The van der Waals surface area contributed by atoms with Crippen molar-refractivity contribution in [3.05, 3.63) is 90.0 Å². The van der Waals surface area contributed by atoms with Crippen LogP contribution in [0.3, 0.4) is 0 Å². The maximum absolute atomic E-state index is 13.0. The number of nitrogens with zero attached hydrogens (tertiary/aromatic N) is 1. The van der Waals surface area contributed by atoms with E-state index in [1.165, 1.54) is 23.5 Å². The lowest BCUT2D eigenvalue weighted by molar-refractivity contribution is 0.0894. The molecular formula is C27H28N2O6S. The highest BCUT2D eigenvalue weighted by Crippen LogP contribution is 2.26. The van der Waals surface area contributed by atoms with Crippen LogP contribution in [0.4, 0.5) is 0 Å². The molecule has 1 aliphatic heterocycles. The highest BCUT2D eigenvalue weighted by Gasteiger charge is 2.30. The molecule has 0 aliphatic carbocycles. The van der Waals surface area contributed by atoms with E-state index >= 15 is 0 Å². The molecule has 1 aliphatic rings. The SMILES string of the molecule is COc1ccc(S(=O)(=O)N2CCC(Oc3ccccc3C(=O)NCC(=O)c3ccccc3)CC2)cc1. The van der Waals surface area contributed by atoms with Crippen LogP contribution >= 0.6 is 0 Å². The summed E-state index contributed by atoms with van der Waals surface area (Å²) < 4.78 is 38.6. The Labute approximate surface area is 210 Å². The number of Topliss-reactive ketones (excluding diaryl/α,β-unsaturated/α-hetero) is 1. The van der Waals surface area contributed by atoms with Gasteiger partial charge in [-0.2, -0.15) is 4.31 Å². The Bertz CT molecular complexity index is 1300. The number of methoxy groups -OCH3 is 1. The number of benzene rings is 3.